The number of aliphatic carboxylic acids is 1. The second kappa shape index (κ2) is 7.13. The van der Waals surface area contributed by atoms with Gasteiger partial charge < -0.3 is 5.11 Å². The zero-order chi connectivity index (χ0) is 19.8. The van der Waals surface area contributed by atoms with Crippen molar-refractivity contribution in [1.82, 2.24) is 0 Å². The van der Waals surface area contributed by atoms with Crippen LogP contribution in [0.2, 0.25) is 5.02 Å². The van der Waals surface area contributed by atoms with Gasteiger partial charge in [-0.25, -0.2) is 0 Å². The lowest BCUT2D eigenvalue weighted by atomic mass is 9.79. The predicted molar refractivity (Wildman–Crippen MR) is 109 cm³/mol. The molecule has 1 aliphatic heterocycles. The predicted octanol–water partition coefficient (Wildman–Crippen LogP) is 5.22. The molecule has 2 atom stereocenters. The normalized spacial score (nSPS) is 18.6. The molecule has 1 N–H and O–H groups in total. The fourth-order valence-corrected chi connectivity index (χ4v) is 3.92. The summed E-state index contributed by atoms with van der Waals surface area (Å²) in [5.74, 6) is -2.08. The number of amides is 1. The number of rotatable bonds is 3. The minimum Gasteiger partial charge on any atom is -0.481 e. The highest BCUT2D eigenvalue weighted by molar-refractivity contribution is 6.30. The maximum Gasteiger partial charge on any atom is 0.313 e. The molecule has 0 aromatic heterocycles. The van der Waals surface area contributed by atoms with E-state index in [9.17, 15) is 14.7 Å². The molecule has 0 spiro atoms. The molecule has 1 heterocycles. The lowest BCUT2D eigenvalue weighted by molar-refractivity contribution is -0.139. The van der Waals surface area contributed by atoms with Crippen LogP contribution in [-0.2, 0) is 4.79 Å². The van der Waals surface area contributed by atoms with Crippen LogP contribution < -0.4 is 4.90 Å². The Balaban J connectivity index is 1.97. The summed E-state index contributed by atoms with van der Waals surface area (Å²) in [6.07, 6.45) is 0. The summed E-state index contributed by atoms with van der Waals surface area (Å²) in [5, 5.41) is 10.7. The number of hydrogen-bond donors (Lipinski definition) is 1. The van der Waals surface area contributed by atoms with Gasteiger partial charge in [-0.2, -0.15) is 0 Å². The van der Waals surface area contributed by atoms with Gasteiger partial charge in [0.25, 0.3) is 5.91 Å². The second-order valence-electron chi connectivity index (χ2n) is 6.91. The molecule has 3 aromatic rings. The van der Waals surface area contributed by atoms with Gasteiger partial charge in [0, 0.05) is 16.3 Å². The van der Waals surface area contributed by atoms with Gasteiger partial charge in [0.05, 0.1) is 6.04 Å². The van der Waals surface area contributed by atoms with Crippen LogP contribution in [-0.4, -0.2) is 17.0 Å². The molecule has 0 bridgehead atoms. The number of aryl methyl sites for hydroxylation is 1. The van der Waals surface area contributed by atoms with Crippen LogP contribution in [0.1, 0.15) is 39.0 Å². The van der Waals surface area contributed by atoms with Crippen molar-refractivity contribution in [2.45, 2.75) is 18.9 Å². The Morgan fingerprint density at radius 3 is 2.25 bits per heavy atom. The molecule has 5 heteroatoms. The number of hydrogen-bond acceptors (Lipinski definition) is 2. The maximum absolute atomic E-state index is 13.4. The molecule has 0 saturated carbocycles. The molecule has 0 fully saturated rings. The van der Waals surface area contributed by atoms with E-state index >= 15 is 0 Å². The van der Waals surface area contributed by atoms with Gasteiger partial charge in [0.15, 0.2) is 0 Å². The third-order valence-electron chi connectivity index (χ3n) is 5.13. The first-order chi connectivity index (χ1) is 13.5. The van der Waals surface area contributed by atoms with Crippen molar-refractivity contribution in [3.05, 3.63) is 100 Å². The Hall–Kier alpha value is -3.11. The zero-order valence-corrected chi connectivity index (χ0v) is 15.9. The first-order valence-corrected chi connectivity index (χ1v) is 9.32. The molecule has 0 unspecified atom stereocenters. The highest BCUT2D eigenvalue weighted by atomic mass is 35.5. The minimum atomic E-state index is -0.975. The van der Waals surface area contributed by atoms with E-state index in [-0.39, 0.29) is 5.91 Å². The van der Waals surface area contributed by atoms with Crippen LogP contribution >= 0.6 is 11.6 Å². The van der Waals surface area contributed by atoms with Gasteiger partial charge in [0.1, 0.15) is 5.92 Å². The standard InChI is InChI=1S/C23H18ClNO3/c1-14-6-12-17(13-7-14)25-21(15-8-10-16(24)11-9-15)20(23(27)28)18-4-2-3-5-19(18)22(25)26/h2-13,20-21H,1H3,(H,27,28)/t20-,21-/m0/s1. The smallest absolute Gasteiger partial charge is 0.313 e. The Kier molecular flexibility index (Phi) is 4.65. The van der Waals surface area contributed by atoms with E-state index in [2.05, 4.69) is 0 Å². The number of carboxylic acid groups (broad SMARTS) is 1. The van der Waals surface area contributed by atoms with E-state index < -0.39 is 17.9 Å². The summed E-state index contributed by atoms with van der Waals surface area (Å²) in [6, 6.07) is 20.8. The van der Waals surface area contributed by atoms with Gasteiger partial charge >= 0.3 is 5.97 Å². The molecule has 0 radical (unpaired) electrons. The van der Waals surface area contributed by atoms with Gasteiger partial charge in [-0.05, 0) is 48.4 Å². The van der Waals surface area contributed by atoms with E-state index in [0.717, 1.165) is 11.1 Å². The summed E-state index contributed by atoms with van der Waals surface area (Å²) in [5.41, 5.74) is 3.40. The van der Waals surface area contributed by atoms with Crippen molar-refractivity contribution in [3.8, 4) is 0 Å². The molecule has 1 aliphatic rings. The molecule has 3 aromatic carbocycles. The van der Waals surface area contributed by atoms with Crippen LogP contribution in [0.3, 0.4) is 0 Å². The van der Waals surface area contributed by atoms with Crippen molar-refractivity contribution in [2.24, 2.45) is 0 Å². The van der Waals surface area contributed by atoms with Crippen LogP contribution in [0.5, 0.6) is 0 Å². The summed E-state index contributed by atoms with van der Waals surface area (Å²) < 4.78 is 0. The molecule has 140 valence electrons. The topological polar surface area (TPSA) is 57.6 Å². The fraction of sp³-hybridized carbons (Fsp3) is 0.130. The van der Waals surface area contributed by atoms with Gasteiger partial charge in [-0.3, -0.25) is 14.5 Å². The van der Waals surface area contributed by atoms with Crippen molar-refractivity contribution >= 4 is 29.2 Å². The number of carbonyl (C=O) groups is 2. The highest BCUT2D eigenvalue weighted by Gasteiger charge is 2.44. The van der Waals surface area contributed by atoms with Crippen LogP contribution in [0.25, 0.3) is 0 Å². The average Bonchev–Trinajstić information content (AvgIpc) is 2.69. The molecule has 4 rings (SSSR count). The fourth-order valence-electron chi connectivity index (χ4n) is 3.79. The van der Waals surface area contributed by atoms with Crippen molar-refractivity contribution < 1.29 is 14.7 Å². The first kappa shape index (κ1) is 18.3. The summed E-state index contributed by atoms with van der Waals surface area (Å²) in [4.78, 5) is 27.4. The van der Waals surface area contributed by atoms with Crippen molar-refractivity contribution in [3.63, 3.8) is 0 Å². The van der Waals surface area contributed by atoms with Crippen LogP contribution in [0, 0.1) is 6.92 Å². The van der Waals surface area contributed by atoms with E-state index in [1.165, 1.54) is 0 Å². The molecular formula is C23H18ClNO3. The number of fused-ring (bicyclic) bond motifs is 1. The van der Waals surface area contributed by atoms with E-state index in [0.29, 0.717) is 21.8 Å². The summed E-state index contributed by atoms with van der Waals surface area (Å²) in [7, 11) is 0. The third-order valence-corrected chi connectivity index (χ3v) is 5.38. The Morgan fingerprint density at radius 1 is 0.964 bits per heavy atom. The molecule has 0 saturated heterocycles. The van der Waals surface area contributed by atoms with Crippen LogP contribution in [0.4, 0.5) is 5.69 Å². The zero-order valence-electron chi connectivity index (χ0n) is 15.2. The quantitative estimate of drug-likeness (QED) is 0.666. The first-order valence-electron chi connectivity index (χ1n) is 8.95. The second-order valence-corrected chi connectivity index (χ2v) is 7.35. The number of carbonyl (C=O) groups excluding carboxylic acids is 1. The maximum atomic E-state index is 13.4. The Labute approximate surface area is 168 Å². The number of carboxylic acids is 1. The lowest BCUT2D eigenvalue weighted by Gasteiger charge is -2.40. The molecule has 28 heavy (non-hydrogen) atoms. The van der Waals surface area contributed by atoms with Crippen LogP contribution in [0.15, 0.2) is 72.8 Å². The van der Waals surface area contributed by atoms with Crippen molar-refractivity contribution in [2.75, 3.05) is 4.90 Å². The van der Waals surface area contributed by atoms with E-state index in [1.807, 2.05) is 31.2 Å². The molecule has 0 aliphatic carbocycles. The Morgan fingerprint density at radius 2 is 1.61 bits per heavy atom. The number of halogens is 1. The number of anilines is 1. The Bertz CT molecular complexity index is 1040. The van der Waals surface area contributed by atoms with E-state index in [4.69, 9.17) is 11.6 Å². The van der Waals surface area contributed by atoms with Gasteiger partial charge in [-0.1, -0.05) is 59.6 Å². The van der Waals surface area contributed by atoms with E-state index in [1.54, 1.807) is 53.4 Å². The number of benzene rings is 3. The third kappa shape index (κ3) is 3.06. The average molecular weight is 392 g/mol. The highest BCUT2D eigenvalue weighted by Crippen LogP contribution is 2.45. The minimum absolute atomic E-state index is 0.211. The molecular weight excluding hydrogens is 374 g/mol. The monoisotopic (exact) mass is 391 g/mol. The summed E-state index contributed by atoms with van der Waals surface area (Å²) in [6.45, 7) is 1.97. The van der Waals surface area contributed by atoms with Gasteiger partial charge in [0.2, 0.25) is 0 Å². The van der Waals surface area contributed by atoms with Crippen molar-refractivity contribution in [1.29, 1.82) is 0 Å². The SMILES string of the molecule is Cc1ccc(N2C(=O)c3ccccc3[C@H](C(=O)O)[C@@H]2c2ccc(Cl)cc2)cc1. The number of nitrogens with zero attached hydrogens (tertiary/aromatic N) is 1. The lowest BCUT2D eigenvalue weighted by Crippen LogP contribution is -2.45. The van der Waals surface area contributed by atoms with Gasteiger partial charge in [-0.15, -0.1) is 0 Å². The summed E-state index contributed by atoms with van der Waals surface area (Å²) >= 11 is 6.03. The molecule has 1 amide bonds. The largest absolute Gasteiger partial charge is 0.481 e. The molecule has 4 nitrogen and oxygen atoms in total.